The normalized spacial score (nSPS) is 15.8. The van der Waals surface area contributed by atoms with E-state index in [1.165, 1.54) is 21.7 Å². The van der Waals surface area contributed by atoms with Gasteiger partial charge in [-0.3, -0.25) is 0 Å². The van der Waals surface area contributed by atoms with Crippen LogP contribution in [0.3, 0.4) is 0 Å². The molecule has 68 valence electrons. The molecule has 0 aromatic carbocycles. The molecule has 1 aliphatic carbocycles. The number of allylic oxidation sites excluding steroid dienone is 2. The van der Waals surface area contributed by atoms with Crippen molar-refractivity contribution in [2.24, 2.45) is 0 Å². The molecule has 1 N–H and O–H groups in total. The Kier molecular flexibility index (Phi) is 2.09. The Morgan fingerprint density at radius 2 is 2.31 bits per heavy atom. The molecule has 0 aliphatic heterocycles. The van der Waals surface area contributed by atoms with E-state index in [0.29, 0.717) is 0 Å². The van der Waals surface area contributed by atoms with Gasteiger partial charge in [0, 0.05) is 11.5 Å². The summed E-state index contributed by atoms with van der Waals surface area (Å²) in [5.74, 6) is 0. The van der Waals surface area contributed by atoms with Crippen molar-refractivity contribution in [3.05, 3.63) is 34.5 Å². The van der Waals surface area contributed by atoms with Gasteiger partial charge in [0.15, 0.2) is 0 Å². The number of fused-ring (bicyclic) bond motifs is 1. The molecule has 0 unspecified atom stereocenters. The van der Waals surface area contributed by atoms with Crippen LogP contribution >= 0.6 is 0 Å². The minimum absolute atomic E-state index is 1.09. The second kappa shape index (κ2) is 3.25. The van der Waals surface area contributed by atoms with Gasteiger partial charge in [-0.1, -0.05) is 24.6 Å². The number of nitrogens with one attached hydrogen (secondary N) is 1. The third-order valence-electron chi connectivity index (χ3n) is 2.61. The van der Waals surface area contributed by atoms with Crippen LogP contribution in [0.5, 0.6) is 0 Å². The molecule has 0 spiro atoms. The highest BCUT2D eigenvalue weighted by Gasteiger charge is 2.00. The van der Waals surface area contributed by atoms with E-state index in [-0.39, 0.29) is 0 Å². The van der Waals surface area contributed by atoms with Gasteiger partial charge in [0.2, 0.25) is 0 Å². The fourth-order valence-electron chi connectivity index (χ4n) is 1.82. The summed E-state index contributed by atoms with van der Waals surface area (Å²) < 4.78 is 0. The van der Waals surface area contributed by atoms with Crippen LogP contribution in [-0.2, 0) is 0 Å². The molecule has 2 rings (SSSR count). The van der Waals surface area contributed by atoms with Gasteiger partial charge < -0.3 is 4.98 Å². The summed E-state index contributed by atoms with van der Waals surface area (Å²) >= 11 is 0. The summed E-state index contributed by atoms with van der Waals surface area (Å²) in [5.41, 5.74) is 2.87. The number of aromatic amines is 1. The second-order valence-corrected chi connectivity index (χ2v) is 3.56. The van der Waals surface area contributed by atoms with Gasteiger partial charge in [0.25, 0.3) is 0 Å². The third-order valence-corrected chi connectivity index (χ3v) is 2.61. The molecule has 1 heteroatoms. The van der Waals surface area contributed by atoms with Crippen LogP contribution in [0.25, 0.3) is 11.6 Å². The quantitative estimate of drug-likeness (QED) is 0.665. The first-order valence-corrected chi connectivity index (χ1v) is 4.85. The average molecular weight is 173 g/mol. The molecule has 0 atom stereocenters. The molecule has 1 heterocycles. The van der Waals surface area contributed by atoms with E-state index >= 15 is 0 Å². The van der Waals surface area contributed by atoms with Crippen molar-refractivity contribution in [1.82, 2.24) is 4.98 Å². The Bertz CT molecular complexity index is 446. The van der Waals surface area contributed by atoms with Gasteiger partial charge in [-0.2, -0.15) is 0 Å². The first-order chi connectivity index (χ1) is 6.31. The summed E-state index contributed by atoms with van der Waals surface area (Å²) in [6, 6.07) is 2.15. The first-order valence-electron chi connectivity index (χ1n) is 4.85. The molecule has 0 fully saturated rings. The number of hydrogen-bond acceptors (Lipinski definition) is 0. The van der Waals surface area contributed by atoms with Crippen LogP contribution in [0.15, 0.2) is 23.9 Å². The molecule has 0 radical (unpaired) electrons. The highest BCUT2D eigenvalue weighted by molar-refractivity contribution is 5.55. The summed E-state index contributed by atoms with van der Waals surface area (Å²) in [5, 5.41) is 2.67. The van der Waals surface area contributed by atoms with E-state index in [2.05, 4.69) is 37.0 Å². The Labute approximate surface area is 78.5 Å². The summed E-state index contributed by atoms with van der Waals surface area (Å²) in [6.07, 6.45) is 8.79. The maximum Gasteiger partial charge on any atom is 0.0448 e. The van der Waals surface area contributed by atoms with E-state index in [9.17, 15) is 0 Å². The van der Waals surface area contributed by atoms with Crippen molar-refractivity contribution in [1.29, 1.82) is 0 Å². The van der Waals surface area contributed by atoms with E-state index < -0.39 is 0 Å². The summed E-state index contributed by atoms with van der Waals surface area (Å²) in [6.45, 7) is 4.38. The number of rotatable bonds is 1. The standard InChI is InChI=1S/C12H15N/c1-3-10-5-4-9(2)8-11-6-7-13-12(10)11/h4,6-8,13H,3,5H2,1-2H3. The van der Waals surface area contributed by atoms with Crippen molar-refractivity contribution < 1.29 is 0 Å². The predicted octanol–water partition coefficient (Wildman–Crippen LogP) is 1.71. The topological polar surface area (TPSA) is 15.8 Å². The molecular weight excluding hydrogens is 158 g/mol. The second-order valence-electron chi connectivity index (χ2n) is 3.56. The zero-order valence-electron chi connectivity index (χ0n) is 8.22. The fraction of sp³-hybridized carbons (Fsp3) is 0.333. The van der Waals surface area contributed by atoms with Gasteiger partial charge in [0.05, 0.1) is 0 Å². The van der Waals surface area contributed by atoms with Crippen molar-refractivity contribution >= 4 is 11.6 Å². The summed E-state index contributed by atoms with van der Waals surface area (Å²) in [7, 11) is 0. The lowest BCUT2D eigenvalue weighted by Gasteiger charge is -1.97. The van der Waals surface area contributed by atoms with Crippen LogP contribution in [0.4, 0.5) is 0 Å². The zero-order chi connectivity index (χ0) is 9.26. The van der Waals surface area contributed by atoms with Crippen molar-refractivity contribution in [2.45, 2.75) is 26.7 Å². The molecule has 1 aromatic heterocycles. The molecule has 0 amide bonds. The first kappa shape index (κ1) is 8.36. The maximum atomic E-state index is 3.32. The van der Waals surface area contributed by atoms with Crippen molar-refractivity contribution in [3.63, 3.8) is 0 Å². The monoisotopic (exact) mass is 173 g/mol. The van der Waals surface area contributed by atoms with Crippen LogP contribution < -0.4 is 10.6 Å². The zero-order valence-corrected chi connectivity index (χ0v) is 8.22. The average Bonchev–Trinajstić information content (AvgIpc) is 2.49. The molecular formula is C12H15N. The highest BCUT2D eigenvalue weighted by atomic mass is 14.6. The van der Waals surface area contributed by atoms with Crippen LogP contribution in [0, 0.1) is 0 Å². The molecule has 0 bridgehead atoms. The number of H-pyrrole nitrogens is 1. The van der Waals surface area contributed by atoms with E-state index in [4.69, 9.17) is 0 Å². The molecule has 1 aromatic rings. The van der Waals surface area contributed by atoms with Crippen LogP contribution in [-0.4, -0.2) is 4.98 Å². The molecule has 1 aliphatic rings. The third kappa shape index (κ3) is 1.46. The van der Waals surface area contributed by atoms with Crippen molar-refractivity contribution in [3.8, 4) is 0 Å². The lowest BCUT2D eigenvalue weighted by Crippen LogP contribution is -2.24. The predicted molar refractivity (Wildman–Crippen MR) is 56.6 cm³/mol. The maximum absolute atomic E-state index is 3.32. The lowest BCUT2D eigenvalue weighted by molar-refractivity contribution is 1.12. The Balaban J connectivity index is 2.75. The number of hydrogen-bond donors (Lipinski definition) is 1. The highest BCUT2D eigenvalue weighted by Crippen LogP contribution is 2.10. The largest absolute Gasteiger partial charge is 0.361 e. The summed E-state index contributed by atoms with van der Waals surface area (Å²) in [4.78, 5) is 3.32. The Morgan fingerprint density at radius 1 is 1.46 bits per heavy atom. The van der Waals surface area contributed by atoms with Gasteiger partial charge in [-0.15, -0.1) is 0 Å². The molecule has 13 heavy (non-hydrogen) atoms. The lowest BCUT2D eigenvalue weighted by atomic mass is 10.1. The van der Waals surface area contributed by atoms with E-state index in [0.717, 1.165) is 12.8 Å². The van der Waals surface area contributed by atoms with Crippen LogP contribution in [0.1, 0.15) is 26.7 Å². The van der Waals surface area contributed by atoms with Gasteiger partial charge in [-0.25, -0.2) is 0 Å². The SMILES string of the molecule is CCC1=c2[nH]ccc2=CC(C)=CC1. The minimum atomic E-state index is 1.09. The Morgan fingerprint density at radius 3 is 3.08 bits per heavy atom. The Hall–Kier alpha value is -1.24. The van der Waals surface area contributed by atoms with E-state index in [1.807, 2.05) is 6.20 Å². The van der Waals surface area contributed by atoms with Gasteiger partial charge >= 0.3 is 0 Å². The minimum Gasteiger partial charge on any atom is -0.361 e. The molecule has 0 saturated heterocycles. The smallest absolute Gasteiger partial charge is 0.0448 e. The van der Waals surface area contributed by atoms with Crippen molar-refractivity contribution in [2.75, 3.05) is 0 Å². The number of aromatic nitrogens is 1. The fourth-order valence-corrected chi connectivity index (χ4v) is 1.82. The van der Waals surface area contributed by atoms with E-state index in [1.54, 1.807) is 0 Å². The molecule has 1 nitrogen and oxygen atoms in total. The van der Waals surface area contributed by atoms with Gasteiger partial charge in [-0.05, 0) is 36.6 Å². The van der Waals surface area contributed by atoms with Crippen LogP contribution in [0.2, 0.25) is 0 Å². The molecule has 0 saturated carbocycles. The van der Waals surface area contributed by atoms with Gasteiger partial charge in [0.1, 0.15) is 0 Å².